The van der Waals surface area contributed by atoms with Gasteiger partial charge < -0.3 is 10.6 Å². The first-order valence-electron chi connectivity index (χ1n) is 4.84. The molecule has 1 saturated heterocycles. The average molecular weight is 227 g/mol. The van der Waals surface area contributed by atoms with Gasteiger partial charge in [-0.05, 0) is 11.0 Å². The van der Waals surface area contributed by atoms with Crippen LogP contribution in [0.2, 0.25) is 0 Å². The third kappa shape index (κ3) is 1.58. The minimum Gasteiger partial charge on any atom is -0.389 e. The first kappa shape index (κ1) is 9.15. The van der Waals surface area contributed by atoms with Gasteiger partial charge in [0.2, 0.25) is 0 Å². The van der Waals surface area contributed by atoms with E-state index in [9.17, 15) is 0 Å². The Morgan fingerprint density at radius 3 is 3.36 bits per heavy atom. The van der Waals surface area contributed by atoms with Crippen molar-refractivity contribution in [2.75, 3.05) is 19.6 Å². The van der Waals surface area contributed by atoms with Crippen molar-refractivity contribution in [2.45, 2.75) is 11.3 Å². The fourth-order valence-corrected chi connectivity index (χ4v) is 3.99. The second-order valence-electron chi connectivity index (χ2n) is 3.67. The maximum absolute atomic E-state index is 3.55. The molecule has 0 aromatic carbocycles. The van der Waals surface area contributed by atoms with E-state index in [1.807, 2.05) is 23.7 Å². The number of hydrogen-bond donors (Lipinski definition) is 3. The van der Waals surface area contributed by atoms with E-state index in [2.05, 4.69) is 27.0 Å². The van der Waals surface area contributed by atoms with Crippen molar-refractivity contribution in [2.24, 2.45) is 0 Å². The van der Waals surface area contributed by atoms with E-state index in [1.165, 1.54) is 10.5 Å². The van der Waals surface area contributed by atoms with Crippen LogP contribution in [0.15, 0.2) is 22.1 Å². The van der Waals surface area contributed by atoms with Gasteiger partial charge in [0.1, 0.15) is 0 Å². The van der Waals surface area contributed by atoms with Crippen LogP contribution < -0.4 is 15.4 Å². The number of fused-ring (bicyclic) bond motifs is 2. The van der Waals surface area contributed by atoms with Crippen LogP contribution in [0.3, 0.4) is 0 Å². The molecule has 0 radical (unpaired) electrons. The molecule has 0 aliphatic carbocycles. The number of thioether (sulfide) groups is 1. The van der Waals surface area contributed by atoms with Crippen LogP contribution in [-0.2, 0) is 0 Å². The maximum atomic E-state index is 3.55. The third-order valence-electron chi connectivity index (χ3n) is 2.69. The van der Waals surface area contributed by atoms with Crippen molar-refractivity contribution in [3.05, 3.63) is 22.1 Å². The van der Waals surface area contributed by atoms with E-state index in [-0.39, 0.29) is 0 Å². The van der Waals surface area contributed by atoms with Crippen molar-refractivity contribution >= 4 is 23.7 Å². The Kier molecular flexibility index (Phi) is 2.49. The molecule has 3 aliphatic heterocycles. The van der Waals surface area contributed by atoms with Crippen molar-refractivity contribution in [1.82, 2.24) is 15.4 Å². The molecule has 3 heterocycles. The molecule has 0 amide bonds. The standard InChI is InChI=1S/C9H13N3S2/c1-6-5-13-8-3-11-4-9(8)14-12-7(6)2-10-1/h3,5,7,9-12H,1-2,4H2. The summed E-state index contributed by atoms with van der Waals surface area (Å²) in [5.41, 5.74) is 1.49. The summed E-state index contributed by atoms with van der Waals surface area (Å²) in [7, 11) is 0. The molecular formula is C9H13N3S2. The summed E-state index contributed by atoms with van der Waals surface area (Å²) in [4.78, 5) is 1.44. The minimum atomic E-state index is 0.537. The lowest BCUT2D eigenvalue weighted by Crippen LogP contribution is -2.30. The van der Waals surface area contributed by atoms with Crippen LogP contribution >= 0.6 is 23.7 Å². The normalized spacial score (nSPS) is 36.0. The zero-order chi connectivity index (χ0) is 9.38. The monoisotopic (exact) mass is 227 g/mol. The predicted octanol–water partition coefficient (Wildman–Crippen LogP) is 0.640. The molecule has 2 unspecified atom stereocenters. The van der Waals surface area contributed by atoms with Gasteiger partial charge in [-0.15, -0.1) is 0 Å². The molecule has 14 heavy (non-hydrogen) atoms. The molecular weight excluding hydrogens is 214 g/mol. The van der Waals surface area contributed by atoms with Crippen LogP contribution in [0.1, 0.15) is 0 Å². The largest absolute Gasteiger partial charge is 0.389 e. The topological polar surface area (TPSA) is 36.1 Å². The third-order valence-corrected chi connectivity index (χ3v) is 5.06. The summed E-state index contributed by atoms with van der Waals surface area (Å²) in [6.07, 6.45) is 2.14. The molecule has 0 aromatic rings. The Balaban J connectivity index is 1.82. The van der Waals surface area contributed by atoms with E-state index in [1.54, 1.807) is 0 Å². The van der Waals surface area contributed by atoms with E-state index in [0.29, 0.717) is 11.3 Å². The van der Waals surface area contributed by atoms with Gasteiger partial charge in [0.15, 0.2) is 0 Å². The molecule has 1 fully saturated rings. The van der Waals surface area contributed by atoms with Gasteiger partial charge in [0.25, 0.3) is 0 Å². The SMILES string of the molecule is C1=C2CNCC2NSC2CNC=C2S1. The fraction of sp³-hybridized carbons (Fsp3) is 0.556. The van der Waals surface area contributed by atoms with E-state index in [4.69, 9.17) is 0 Å². The smallest absolute Gasteiger partial charge is 0.0692 e. The molecule has 3 rings (SSSR count). The van der Waals surface area contributed by atoms with E-state index < -0.39 is 0 Å². The first-order chi connectivity index (χ1) is 6.93. The number of nitrogens with one attached hydrogen (secondary N) is 3. The average Bonchev–Trinajstić information content (AvgIpc) is 2.75. The highest BCUT2D eigenvalue weighted by Crippen LogP contribution is 2.34. The van der Waals surface area contributed by atoms with Gasteiger partial charge >= 0.3 is 0 Å². The fourth-order valence-electron chi connectivity index (χ4n) is 1.83. The summed E-state index contributed by atoms with van der Waals surface area (Å²) >= 11 is 3.74. The van der Waals surface area contributed by atoms with Crippen LogP contribution in [0.5, 0.6) is 0 Å². The highest BCUT2D eigenvalue weighted by atomic mass is 32.2. The van der Waals surface area contributed by atoms with Crippen LogP contribution in [-0.4, -0.2) is 30.9 Å². The van der Waals surface area contributed by atoms with Gasteiger partial charge in [-0.2, -0.15) is 0 Å². The Bertz CT molecular complexity index is 300. The Morgan fingerprint density at radius 2 is 2.36 bits per heavy atom. The summed E-state index contributed by atoms with van der Waals surface area (Å²) in [6, 6.07) is 0.537. The van der Waals surface area contributed by atoms with Crippen LogP contribution in [0.25, 0.3) is 0 Å². The van der Waals surface area contributed by atoms with E-state index in [0.717, 1.165) is 19.6 Å². The Labute approximate surface area is 92.3 Å². The predicted molar refractivity (Wildman–Crippen MR) is 62.9 cm³/mol. The molecule has 0 bridgehead atoms. The minimum absolute atomic E-state index is 0.537. The summed E-state index contributed by atoms with van der Waals surface area (Å²) in [6.45, 7) is 3.17. The molecule has 5 heteroatoms. The highest BCUT2D eigenvalue weighted by molar-refractivity contribution is 8.08. The van der Waals surface area contributed by atoms with Crippen molar-refractivity contribution < 1.29 is 0 Å². The molecule has 0 saturated carbocycles. The van der Waals surface area contributed by atoms with Gasteiger partial charge in [-0.3, -0.25) is 4.72 Å². The van der Waals surface area contributed by atoms with Gasteiger partial charge in [0.05, 0.1) is 11.3 Å². The zero-order valence-electron chi connectivity index (χ0n) is 7.75. The quantitative estimate of drug-likeness (QED) is 0.530. The molecule has 3 N–H and O–H groups in total. The lowest BCUT2D eigenvalue weighted by molar-refractivity contribution is 0.743. The molecule has 3 nitrogen and oxygen atoms in total. The van der Waals surface area contributed by atoms with Gasteiger partial charge in [-0.1, -0.05) is 23.7 Å². The molecule has 2 atom stereocenters. The molecule has 0 spiro atoms. The van der Waals surface area contributed by atoms with Gasteiger partial charge in [-0.25, -0.2) is 0 Å². The highest BCUT2D eigenvalue weighted by Gasteiger charge is 2.27. The lowest BCUT2D eigenvalue weighted by Gasteiger charge is -2.20. The van der Waals surface area contributed by atoms with Crippen LogP contribution in [0, 0.1) is 0 Å². The second-order valence-corrected chi connectivity index (χ2v) is 5.66. The summed E-state index contributed by atoms with van der Waals surface area (Å²) in [5.74, 6) is 0. The summed E-state index contributed by atoms with van der Waals surface area (Å²) in [5, 5.41) is 9.59. The number of hydrogen-bond acceptors (Lipinski definition) is 5. The van der Waals surface area contributed by atoms with Crippen molar-refractivity contribution in [1.29, 1.82) is 0 Å². The lowest BCUT2D eigenvalue weighted by atomic mass is 10.2. The Hall–Kier alpha value is -0.100. The summed E-state index contributed by atoms with van der Waals surface area (Å²) < 4.78 is 3.55. The Morgan fingerprint density at radius 1 is 1.36 bits per heavy atom. The zero-order valence-corrected chi connectivity index (χ0v) is 9.38. The maximum Gasteiger partial charge on any atom is 0.0692 e. The van der Waals surface area contributed by atoms with Crippen molar-refractivity contribution in [3.63, 3.8) is 0 Å². The molecule has 76 valence electrons. The van der Waals surface area contributed by atoms with Crippen molar-refractivity contribution in [3.8, 4) is 0 Å². The molecule has 3 aliphatic rings. The van der Waals surface area contributed by atoms with Crippen LogP contribution in [0.4, 0.5) is 0 Å². The number of rotatable bonds is 0. The first-order valence-corrected chi connectivity index (χ1v) is 6.60. The molecule has 0 aromatic heterocycles. The van der Waals surface area contributed by atoms with E-state index >= 15 is 0 Å². The second kappa shape index (κ2) is 3.81. The van der Waals surface area contributed by atoms with Gasteiger partial charge in [0, 0.05) is 30.7 Å².